The van der Waals surface area contributed by atoms with Crippen molar-refractivity contribution in [1.82, 2.24) is 0 Å². The van der Waals surface area contributed by atoms with Crippen LogP contribution >= 0.6 is 0 Å². The van der Waals surface area contributed by atoms with Crippen LogP contribution in [0.4, 0.5) is 0 Å². The van der Waals surface area contributed by atoms with Gasteiger partial charge < -0.3 is 4.74 Å². The minimum atomic E-state index is -0.251. The van der Waals surface area contributed by atoms with Crippen LogP contribution in [0.2, 0.25) is 0 Å². The van der Waals surface area contributed by atoms with Gasteiger partial charge in [-0.05, 0) is 25.2 Å². The van der Waals surface area contributed by atoms with E-state index in [1.807, 2.05) is 0 Å². The van der Waals surface area contributed by atoms with Crippen molar-refractivity contribution >= 4 is 5.97 Å². The summed E-state index contributed by atoms with van der Waals surface area (Å²) in [7, 11) is 0. The summed E-state index contributed by atoms with van der Waals surface area (Å²) in [4.78, 5) is 11.3. The predicted octanol–water partition coefficient (Wildman–Crippen LogP) is 11.1. The van der Waals surface area contributed by atoms with Crippen molar-refractivity contribution < 1.29 is 9.53 Å². The SMILES string of the molecule is C=C(C)C(=O)OCCCCCCCCCCCCCCCCCCCCCCCCC(C)(C)C. The van der Waals surface area contributed by atoms with Gasteiger partial charge in [0, 0.05) is 5.57 Å². The minimum absolute atomic E-state index is 0.251. The van der Waals surface area contributed by atoms with Gasteiger partial charge in [0.1, 0.15) is 0 Å². The molecule has 0 fully saturated rings. The van der Waals surface area contributed by atoms with E-state index in [1.54, 1.807) is 6.92 Å². The quantitative estimate of drug-likeness (QED) is 0.0740. The molecular formula is C32H62O2. The molecule has 0 amide bonds. The fraction of sp³-hybridized carbons (Fsp3) is 0.906. The monoisotopic (exact) mass is 478 g/mol. The van der Waals surface area contributed by atoms with Crippen LogP contribution in [-0.2, 0) is 9.53 Å². The Morgan fingerprint density at radius 3 is 1.06 bits per heavy atom. The van der Waals surface area contributed by atoms with E-state index in [4.69, 9.17) is 4.74 Å². The number of rotatable bonds is 25. The molecule has 0 saturated heterocycles. The summed E-state index contributed by atoms with van der Waals surface area (Å²) in [6.45, 7) is 12.9. The third kappa shape index (κ3) is 27.5. The molecule has 0 aromatic heterocycles. The second kappa shape index (κ2) is 23.9. The maximum atomic E-state index is 11.3. The first-order chi connectivity index (χ1) is 16.3. The summed E-state index contributed by atoms with van der Waals surface area (Å²) in [5.41, 5.74) is 1.02. The lowest BCUT2D eigenvalue weighted by molar-refractivity contribution is -0.139. The maximum absolute atomic E-state index is 11.3. The van der Waals surface area contributed by atoms with Crippen LogP contribution in [0.15, 0.2) is 12.2 Å². The zero-order valence-electron chi connectivity index (χ0n) is 24.0. The van der Waals surface area contributed by atoms with Crippen molar-refractivity contribution in [3.8, 4) is 0 Å². The number of hydrogen-bond acceptors (Lipinski definition) is 2. The molecule has 0 radical (unpaired) electrons. The van der Waals surface area contributed by atoms with Crippen molar-refractivity contribution in [3.05, 3.63) is 12.2 Å². The molecule has 0 aliphatic heterocycles. The van der Waals surface area contributed by atoms with E-state index in [0.29, 0.717) is 17.6 Å². The van der Waals surface area contributed by atoms with Crippen LogP contribution < -0.4 is 0 Å². The Bertz CT molecular complexity index is 460. The van der Waals surface area contributed by atoms with Gasteiger partial charge in [0.15, 0.2) is 0 Å². The Morgan fingerprint density at radius 1 is 0.529 bits per heavy atom. The third-order valence-corrected chi connectivity index (χ3v) is 6.90. The van der Waals surface area contributed by atoms with Crippen LogP contribution in [0, 0.1) is 5.41 Å². The van der Waals surface area contributed by atoms with Crippen LogP contribution in [-0.4, -0.2) is 12.6 Å². The fourth-order valence-electron chi connectivity index (χ4n) is 4.58. The lowest BCUT2D eigenvalue weighted by atomic mass is 9.89. The van der Waals surface area contributed by atoms with Gasteiger partial charge in [0.2, 0.25) is 0 Å². The number of ether oxygens (including phenoxy) is 1. The van der Waals surface area contributed by atoms with Gasteiger partial charge in [-0.15, -0.1) is 0 Å². The van der Waals surface area contributed by atoms with E-state index in [1.165, 1.54) is 141 Å². The molecule has 0 atom stereocenters. The molecule has 0 spiro atoms. The van der Waals surface area contributed by atoms with Gasteiger partial charge in [-0.25, -0.2) is 4.79 Å². The highest BCUT2D eigenvalue weighted by Gasteiger charge is 2.08. The topological polar surface area (TPSA) is 26.3 Å². The second-order valence-electron chi connectivity index (χ2n) is 12.0. The van der Waals surface area contributed by atoms with E-state index in [-0.39, 0.29) is 5.97 Å². The third-order valence-electron chi connectivity index (χ3n) is 6.90. The normalized spacial score (nSPS) is 11.6. The average Bonchev–Trinajstić information content (AvgIpc) is 2.78. The van der Waals surface area contributed by atoms with Crippen molar-refractivity contribution in [2.24, 2.45) is 5.41 Å². The molecule has 2 heteroatoms. The summed E-state index contributed by atoms with van der Waals surface area (Å²) in [5, 5.41) is 0. The van der Waals surface area contributed by atoms with Crippen LogP contribution in [0.5, 0.6) is 0 Å². The van der Waals surface area contributed by atoms with E-state index in [0.717, 1.165) is 6.42 Å². The number of hydrogen-bond donors (Lipinski definition) is 0. The van der Waals surface area contributed by atoms with Crippen molar-refractivity contribution in [1.29, 1.82) is 0 Å². The molecule has 0 bridgehead atoms. The molecule has 0 aromatic rings. The van der Waals surface area contributed by atoms with E-state index in [2.05, 4.69) is 27.4 Å². The summed E-state index contributed by atoms with van der Waals surface area (Å²) < 4.78 is 5.12. The molecule has 0 heterocycles. The molecule has 2 nitrogen and oxygen atoms in total. The molecule has 0 saturated carbocycles. The Hall–Kier alpha value is -0.790. The Kier molecular flexibility index (Phi) is 23.4. The highest BCUT2D eigenvalue weighted by atomic mass is 16.5. The van der Waals surface area contributed by atoms with Gasteiger partial charge in [0.25, 0.3) is 0 Å². The average molecular weight is 479 g/mol. The van der Waals surface area contributed by atoms with Crippen molar-refractivity contribution in [3.63, 3.8) is 0 Å². The largest absolute Gasteiger partial charge is 0.462 e. The van der Waals surface area contributed by atoms with Crippen LogP contribution in [0.3, 0.4) is 0 Å². The number of esters is 1. The Labute approximate surface area is 215 Å². The lowest BCUT2D eigenvalue weighted by Crippen LogP contribution is -2.05. The summed E-state index contributed by atoms with van der Waals surface area (Å²) in [6, 6.07) is 0. The van der Waals surface area contributed by atoms with Crippen molar-refractivity contribution in [2.75, 3.05) is 6.61 Å². The lowest BCUT2D eigenvalue weighted by Gasteiger charge is -2.17. The van der Waals surface area contributed by atoms with E-state index >= 15 is 0 Å². The maximum Gasteiger partial charge on any atom is 0.333 e. The summed E-state index contributed by atoms with van der Waals surface area (Å²) >= 11 is 0. The van der Waals surface area contributed by atoms with E-state index in [9.17, 15) is 4.79 Å². The Balaban J connectivity index is 3.09. The molecule has 34 heavy (non-hydrogen) atoms. The standard InChI is InChI=1S/C32H62O2/c1-30(2)31(33)34-29-27-25-23-21-19-17-15-13-11-9-7-6-8-10-12-14-16-18-20-22-24-26-28-32(3,4)5/h1,6-29H2,2-5H3. The summed E-state index contributed by atoms with van der Waals surface area (Å²) in [6.07, 6.45) is 32.0. The van der Waals surface area contributed by atoms with Crippen molar-refractivity contribution in [2.45, 2.75) is 175 Å². The molecule has 0 aromatic carbocycles. The van der Waals surface area contributed by atoms with Gasteiger partial charge >= 0.3 is 5.97 Å². The highest BCUT2D eigenvalue weighted by Crippen LogP contribution is 2.22. The molecule has 0 aliphatic carbocycles. The van der Waals surface area contributed by atoms with Gasteiger partial charge in [-0.2, -0.15) is 0 Å². The number of carbonyl (C=O) groups excluding carboxylic acids is 1. The van der Waals surface area contributed by atoms with Gasteiger partial charge in [-0.3, -0.25) is 0 Å². The first-order valence-electron chi connectivity index (χ1n) is 15.2. The highest BCUT2D eigenvalue weighted by molar-refractivity contribution is 5.86. The zero-order chi connectivity index (χ0) is 25.3. The molecule has 0 aliphatic rings. The van der Waals surface area contributed by atoms with E-state index < -0.39 is 0 Å². The first kappa shape index (κ1) is 33.2. The fourth-order valence-corrected chi connectivity index (χ4v) is 4.58. The Morgan fingerprint density at radius 2 is 0.794 bits per heavy atom. The van der Waals surface area contributed by atoms with Gasteiger partial charge in [-0.1, -0.05) is 162 Å². The zero-order valence-corrected chi connectivity index (χ0v) is 24.0. The predicted molar refractivity (Wildman–Crippen MR) is 151 cm³/mol. The number of carbonyl (C=O) groups is 1. The summed E-state index contributed by atoms with van der Waals surface area (Å²) in [5.74, 6) is -0.251. The second-order valence-corrected chi connectivity index (χ2v) is 12.0. The molecule has 0 rings (SSSR count). The molecular weight excluding hydrogens is 416 g/mol. The smallest absolute Gasteiger partial charge is 0.333 e. The van der Waals surface area contributed by atoms with Crippen LogP contribution in [0.1, 0.15) is 175 Å². The van der Waals surface area contributed by atoms with Crippen LogP contribution in [0.25, 0.3) is 0 Å². The first-order valence-corrected chi connectivity index (χ1v) is 15.2. The minimum Gasteiger partial charge on any atom is -0.462 e. The van der Waals surface area contributed by atoms with Gasteiger partial charge in [0.05, 0.1) is 6.61 Å². The molecule has 202 valence electrons. The molecule has 0 N–H and O–H groups in total. The number of unbranched alkanes of at least 4 members (excludes halogenated alkanes) is 21. The molecule has 0 unspecified atom stereocenters.